The predicted octanol–water partition coefficient (Wildman–Crippen LogP) is 0.685. The molecule has 15 amide bonds. The van der Waals surface area contributed by atoms with Gasteiger partial charge in [-0.3, -0.25) is 91.1 Å². The number of fused-ring (bicyclic) bond motifs is 1. The number of aromatic nitrogens is 1. The van der Waals surface area contributed by atoms with Crippen molar-refractivity contribution in [3.05, 3.63) is 174 Å². The van der Waals surface area contributed by atoms with Gasteiger partial charge in [0.1, 0.15) is 78.3 Å². The Hall–Kier alpha value is -14.3. The van der Waals surface area contributed by atoms with E-state index in [-0.39, 0.29) is 37.0 Å². The molecule has 133 heavy (non-hydrogen) atoms. The molecule has 6 aromatic rings. The van der Waals surface area contributed by atoms with Crippen LogP contribution in [0.15, 0.2) is 146 Å². The zero-order valence-corrected chi connectivity index (χ0v) is 76.0. The molecule has 1 aromatic heterocycles. The zero-order chi connectivity index (χ0) is 97.9. The molecule has 0 bridgehead atoms. The van der Waals surface area contributed by atoms with Crippen LogP contribution in [0.25, 0.3) is 10.9 Å². The molecule has 0 spiro atoms. The molecule has 17 N–H and O–H groups in total. The Morgan fingerprint density at radius 1 is 0.436 bits per heavy atom. The summed E-state index contributed by atoms with van der Waals surface area (Å²) in [6, 6.07) is 15.9. The van der Waals surface area contributed by atoms with Gasteiger partial charge in [-0.2, -0.15) is 0 Å². The van der Waals surface area contributed by atoms with E-state index in [2.05, 4.69) is 52.8 Å². The number of aromatic hydroxyl groups is 1. The smallest absolute Gasteiger partial charge is 0.305 e. The van der Waals surface area contributed by atoms with Gasteiger partial charge in [0.15, 0.2) is 0 Å². The lowest BCUT2D eigenvalue weighted by Gasteiger charge is -2.37. The maximum Gasteiger partial charge on any atom is 0.305 e. The van der Waals surface area contributed by atoms with E-state index >= 15 is 43.2 Å². The number of nitrogens with one attached hydrogen (secondary N) is 10. The number of H-pyrrole nitrogens is 1. The van der Waals surface area contributed by atoms with Crippen LogP contribution in [-0.4, -0.2) is 300 Å². The lowest BCUT2D eigenvalue weighted by Crippen LogP contribution is -2.62. The molecule has 1 aliphatic rings. The van der Waals surface area contributed by atoms with Crippen LogP contribution >= 0.6 is 11.8 Å². The molecule has 5 aromatic carbocycles. The number of amides is 15. The zero-order valence-electron chi connectivity index (χ0n) is 75.2. The molecule has 716 valence electrons. The number of phenols is 1. The highest BCUT2D eigenvalue weighted by molar-refractivity contribution is 8.00. The van der Waals surface area contributed by atoms with Crippen molar-refractivity contribution in [1.82, 2.24) is 77.3 Å². The summed E-state index contributed by atoms with van der Waals surface area (Å²) in [5.74, 6) is -24.3. The van der Waals surface area contributed by atoms with Gasteiger partial charge in [0.25, 0.3) is 0 Å². The van der Waals surface area contributed by atoms with Gasteiger partial charge >= 0.3 is 23.9 Å². The van der Waals surface area contributed by atoms with Crippen molar-refractivity contribution in [3.63, 3.8) is 0 Å². The third-order valence-electron chi connectivity index (χ3n) is 22.5. The molecule has 1 fully saturated rings. The van der Waals surface area contributed by atoms with Crippen molar-refractivity contribution in [1.29, 1.82) is 0 Å². The van der Waals surface area contributed by atoms with Gasteiger partial charge in [0, 0.05) is 109 Å². The van der Waals surface area contributed by atoms with Crippen LogP contribution in [-0.2, 0) is 123 Å². The van der Waals surface area contributed by atoms with Gasteiger partial charge < -0.3 is 109 Å². The number of rotatable bonds is 29. The van der Waals surface area contributed by atoms with Crippen molar-refractivity contribution < 1.29 is 117 Å². The second-order valence-electron chi connectivity index (χ2n) is 32.9. The first-order valence-electron chi connectivity index (χ1n) is 43.3. The molecule has 1 aliphatic heterocycles. The molecule has 0 aliphatic carbocycles. The molecule has 40 nitrogen and oxygen atoms in total. The molecule has 0 radical (unpaired) electrons. The monoisotopic (exact) mass is 1860 g/mol. The molecule has 0 saturated carbocycles. The Balaban J connectivity index is 1.37. The minimum Gasteiger partial charge on any atom is -0.508 e. The van der Waals surface area contributed by atoms with Crippen LogP contribution in [0.2, 0.25) is 0 Å². The molecule has 7 rings (SSSR count). The molecular weight excluding hydrogens is 1750 g/mol. The minimum atomic E-state index is -1.98. The quantitative estimate of drug-likeness (QED) is 0.0287. The van der Waals surface area contributed by atoms with Crippen LogP contribution in [0.1, 0.15) is 119 Å². The largest absolute Gasteiger partial charge is 0.508 e. The van der Waals surface area contributed by atoms with Crippen LogP contribution in [0.3, 0.4) is 0 Å². The number of benzene rings is 5. The van der Waals surface area contributed by atoms with E-state index in [1.165, 1.54) is 72.5 Å². The number of carbonyl (C=O) groups is 19. The van der Waals surface area contributed by atoms with Crippen molar-refractivity contribution in [3.8, 4) is 5.75 Å². The van der Waals surface area contributed by atoms with E-state index in [4.69, 9.17) is 5.73 Å². The van der Waals surface area contributed by atoms with E-state index in [0.717, 1.165) is 26.6 Å². The average molecular weight is 1860 g/mol. The lowest BCUT2D eigenvalue weighted by atomic mass is 9.98. The first-order chi connectivity index (χ1) is 63.1. The Labute approximate surface area is 772 Å². The third-order valence-corrected chi connectivity index (χ3v) is 23.5. The Morgan fingerprint density at radius 3 is 1.47 bits per heavy atom. The fraction of sp³-hybridized carbons (Fsp3) is 0.446. The molecule has 2 heterocycles. The first kappa shape index (κ1) is 106. The van der Waals surface area contributed by atoms with Crippen LogP contribution in [0.5, 0.6) is 5.75 Å². The second-order valence-corrected chi connectivity index (χ2v) is 34.0. The van der Waals surface area contributed by atoms with Gasteiger partial charge in [-0.25, -0.2) is 0 Å². The number of nitrogens with zero attached hydrogens (tertiary/aromatic N) is 5. The summed E-state index contributed by atoms with van der Waals surface area (Å²) in [6.07, 6.45) is -4.52. The van der Waals surface area contributed by atoms with Gasteiger partial charge in [-0.05, 0) is 77.6 Å². The fourth-order valence-electron chi connectivity index (χ4n) is 15.1. The number of carboxylic acids is 4. The summed E-state index contributed by atoms with van der Waals surface area (Å²) in [4.78, 5) is 281. The highest BCUT2D eigenvalue weighted by atomic mass is 32.2. The number of thioether (sulfide) groups is 1. The van der Waals surface area contributed by atoms with Crippen molar-refractivity contribution >= 4 is 135 Å². The third kappa shape index (κ3) is 33.0. The van der Waals surface area contributed by atoms with Gasteiger partial charge in [0.2, 0.25) is 88.6 Å². The topological polar surface area (TPSA) is 592 Å². The van der Waals surface area contributed by atoms with Crippen molar-refractivity contribution in [2.24, 2.45) is 11.7 Å². The maximum absolute atomic E-state index is 15.6. The number of para-hydroxylation sites is 1. The predicted molar refractivity (Wildman–Crippen MR) is 485 cm³/mol. The normalized spacial score (nSPS) is 22.1. The number of nitrogens with two attached hydrogens (primary N) is 1. The van der Waals surface area contributed by atoms with Crippen molar-refractivity contribution in [2.75, 3.05) is 59.8 Å². The lowest BCUT2D eigenvalue weighted by molar-refractivity contribution is -0.151. The summed E-state index contributed by atoms with van der Waals surface area (Å²) in [5, 5.41) is 74.2. The van der Waals surface area contributed by atoms with E-state index in [0.29, 0.717) is 69.1 Å². The molecule has 1 saturated heterocycles. The minimum absolute atomic E-state index is 0.00617. The summed E-state index contributed by atoms with van der Waals surface area (Å²) in [5.41, 5.74) is 8.00. The van der Waals surface area contributed by atoms with E-state index in [9.17, 15) is 73.5 Å². The second kappa shape index (κ2) is 51.9. The fourth-order valence-corrected chi connectivity index (χ4v) is 15.9. The number of hydrogen-bond donors (Lipinski definition) is 16. The number of carboxylic acid groups (broad SMARTS) is 4. The summed E-state index contributed by atoms with van der Waals surface area (Å²) in [6.45, 7) is 3.21. The first-order valence-corrected chi connectivity index (χ1v) is 44.5. The summed E-state index contributed by atoms with van der Waals surface area (Å²) < 4.78 is 0. The highest BCUT2D eigenvalue weighted by Gasteiger charge is 2.43. The highest BCUT2D eigenvalue weighted by Crippen LogP contribution is 2.25. The Bertz CT molecular complexity index is 5110. The van der Waals surface area contributed by atoms with E-state index < -0.39 is 273 Å². The van der Waals surface area contributed by atoms with Gasteiger partial charge in [-0.15, -0.1) is 11.8 Å². The molecule has 1 unspecified atom stereocenters. The SMILES string of the molecule is CCCCC[C@H]1C(=O)N(C)CC(=O)N[C@@H](CC(=O)O)C(=O)N[C@@H](C(C)C)C(=O)N(C)[C@@H](Cc2ccccc2)C(=O)N[C@@H](CCC(=O)O)C(=O)N(C)[C@@H](CCC(=O)O)C(=O)N[C@@H](Cc2c[nH]c3ccccc23)C(=O)NC(Cc2ccc(O)cc2)C(=O)N[C@@H](CCC(=O)O)C(=O)N[C@H](C(=O)NCC(N)=O)CSCC(=O)N[C@@H](Cc2ccccc2)C(=O)N(C)[C@@H](Cc2ccccc2)C(=O)N1C. The van der Waals surface area contributed by atoms with Crippen LogP contribution in [0.4, 0.5) is 0 Å². The number of phenolic OH excluding ortho intramolecular Hbond substituents is 1. The number of hydrogen-bond acceptors (Lipinski definition) is 21. The Morgan fingerprint density at radius 2 is 0.895 bits per heavy atom. The van der Waals surface area contributed by atoms with E-state index in [1.807, 2.05) is 6.92 Å². The van der Waals surface area contributed by atoms with Crippen LogP contribution < -0.4 is 53.6 Å². The summed E-state index contributed by atoms with van der Waals surface area (Å²) >= 11 is 0.709. The number of aromatic amines is 1. The van der Waals surface area contributed by atoms with Gasteiger partial charge in [0.05, 0.1) is 25.3 Å². The number of carbonyl (C=O) groups excluding carboxylic acids is 15. The summed E-state index contributed by atoms with van der Waals surface area (Å²) in [7, 11) is 6.07. The number of aliphatic carboxylic acids is 4. The maximum atomic E-state index is 15.6. The molecule has 41 heteroatoms. The number of primary amides is 1. The molecule has 12 atom stereocenters. The van der Waals surface area contributed by atoms with Crippen LogP contribution in [0, 0.1) is 5.92 Å². The molecular formula is C92H118N16O24S. The van der Waals surface area contributed by atoms with E-state index in [1.54, 1.807) is 115 Å². The Kier molecular flexibility index (Phi) is 41.3. The number of likely N-dealkylation sites (N-methyl/N-ethyl adjacent to an activating group) is 5. The standard InChI is InChI=1S/C92H118N16O24S/c1-9-10-14-31-70-90(130)104(4)50-74(111)96-66(47-79(119)120)85(125)103-80(53(2)3)92(132)107(7)71(44-55-25-17-12-18-26-55)87(127)99-63(37-40-77(115)116)88(128)105(5)69(38-41-78(117)118)86(126)101-65(46-58-48-94-61-30-22-21-29-60(58)61)84(124)100-64(42-57-32-34-59(109)35-33-57)83(123)98-62(36-39-76(113)114)82(122)102-68(81(121)95-49-73(93)110)51-133-52-75(112)97-67(43-54-23-15-11-16-24-54)89(129)108(8)72(91(131)106(70)6)45-56-27-19-13-20-28-56/h11-13,15-30,32-35,48,53,62-72,80,94,109H,9-10,14,31,36-47,49-52H2,1-8H3,(H2,93,110)(H,95,121)(H,96,111)(H,97,112)(H,98,123)(H,99,127)(H,100,124)(H,101,126)(H,102,122)(H,103,125)(H,113,114)(H,115,116)(H,117,118)(H,119,120)/t62-,63-,64?,65-,66-,67-,68-,69-,70-,71-,72-,80-/m0/s1. The van der Waals surface area contributed by atoms with Gasteiger partial charge in [-0.1, -0.05) is 161 Å². The number of unbranched alkanes of at least 4 members (excludes halogenated alkanes) is 2. The average Bonchev–Trinajstić information content (AvgIpc) is 1.79. The van der Waals surface area contributed by atoms with Crippen molar-refractivity contribution in [2.45, 2.75) is 196 Å².